The molecule has 0 saturated carbocycles. The Bertz CT molecular complexity index is 585. The highest BCUT2D eigenvalue weighted by molar-refractivity contribution is 5.97. The fourth-order valence-corrected chi connectivity index (χ4v) is 1.91. The molecule has 0 aliphatic carbocycles. The number of carbonyl (C=O) groups is 1. The third kappa shape index (κ3) is 3.13. The molecule has 98 valence electrons. The summed E-state index contributed by atoms with van der Waals surface area (Å²) in [7, 11) is 1.58. The van der Waals surface area contributed by atoms with Gasteiger partial charge in [-0.3, -0.25) is 4.79 Å². The number of phenolic OH excluding ortho intramolecular Hbond substituents is 1. The maximum atomic E-state index is 12.1. The van der Waals surface area contributed by atoms with Gasteiger partial charge in [0.25, 0.3) is 0 Å². The zero-order valence-corrected chi connectivity index (χ0v) is 11.0. The smallest absolute Gasteiger partial charge is 0.167 e. The Hall–Kier alpha value is -2.29. The molecule has 1 N–H and O–H groups in total. The van der Waals surface area contributed by atoms with Crippen LogP contribution in [-0.4, -0.2) is 18.0 Å². The van der Waals surface area contributed by atoms with E-state index in [1.165, 1.54) is 0 Å². The topological polar surface area (TPSA) is 46.5 Å². The van der Waals surface area contributed by atoms with Gasteiger partial charge in [-0.2, -0.15) is 0 Å². The second kappa shape index (κ2) is 5.57. The minimum Gasteiger partial charge on any atom is -0.508 e. The predicted octanol–water partition coefficient (Wildman–Crippen LogP) is 3.13. The molecule has 0 spiro atoms. The summed E-state index contributed by atoms with van der Waals surface area (Å²) in [5.74, 6) is 0.853. The van der Waals surface area contributed by atoms with Crippen molar-refractivity contribution >= 4 is 5.78 Å². The van der Waals surface area contributed by atoms with E-state index >= 15 is 0 Å². The van der Waals surface area contributed by atoms with E-state index < -0.39 is 0 Å². The van der Waals surface area contributed by atoms with Crippen molar-refractivity contribution in [2.45, 2.75) is 13.3 Å². The molecule has 0 fully saturated rings. The van der Waals surface area contributed by atoms with Gasteiger partial charge in [0, 0.05) is 17.5 Å². The number of hydrogen-bond donors (Lipinski definition) is 1. The van der Waals surface area contributed by atoms with E-state index in [-0.39, 0.29) is 18.0 Å². The summed E-state index contributed by atoms with van der Waals surface area (Å²) >= 11 is 0. The molecular weight excluding hydrogens is 240 g/mol. The maximum absolute atomic E-state index is 12.1. The van der Waals surface area contributed by atoms with Crippen LogP contribution in [0.4, 0.5) is 0 Å². The number of benzene rings is 2. The lowest BCUT2D eigenvalue weighted by Crippen LogP contribution is -2.04. The van der Waals surface area contributed by atoms with Gasteiger partial charge < -0.3 is 9.84 Å². The number of methoxy groups -OCH3 is 1. The van der Waals surface area contributed by atoms with Gasteiger partial charge in [0.05, 0.1) is 7.11 Å². The van der Waals surface area contributed by atoms with Crippen LogP contribution in [0.15, 0.2) is 42.5 Å². The number of Topliss-reactive ketones (excluding diaryl/α,β-unsaturated/α-hetero) is 1. The molecule has 0 heterocycles. The highest BCUT2D eigenvalue weighted by Gasteiger charge is 2.10. The van der Waals surface area contributed by atoms with Crippen LogP contribution in [0.3, 0.4) is 0 Å². The highest BCUT2D eigenvalue weighted by atomic mass is 16.5. The molecular formula is C16H16O3. The molecule has 2 rings (SSSR count). The summed E-state index contributed by atoms with van der Waals surface area (Å²) in [5, 5.41) is 9.74. The molecule has 0 aliphatic heterocycles. The summed E-state index contributed by atoms with van der Waals surface area (Å²) in [5.41, 5.74) is 2.29. The summed E-state index contributed by atoms with van der Waals surface area (Å²) in [6.07, 6.45) is 0.194. The first kappa shape index (κ1) is 13.1. The second-order valence-electron chi connectivity index (χ2n) is 4.46. The average Bonchev–Trinajstić information content (AvgIpc) is 2.43. The fourth-order valence-electron chi connectivity index (χ4n) is 1.91. The number of hydrogen-bond acceptors (Lipinski definition) is 3. The number of rotatable bonds is 4. The van der Waals surface area contributed by atoms with Crippen molar-refractivity contribution in [3.8, 4) is 11.5 Å². The molecule has 2 aromatic rings. The van der Waals surface area contributed by atoms with Crippen LogP contribution in [-0.2, 0) is 6.42 Å². The van der Waals surface area contributed by atoms with E-state index in [0.29, 0.717) is 11.1 Å². The Morgan fingerprint density at radius 2 is 1.84 bits per heavy atom. The van der Waals surface area contributed by atoms with Gasteiger partial charge in [0.1, 0.15) is 11.5 Å². The first-order chi connectivity index (χ1) is 9.10. The molecule has 0 saturated heterocycles. The average molecular weight is 256 g/mol. The monoisotopic (exact) mass is 256 g/mol. The standard InChI is InChI=1S/C16H16O3/c1-11-3-8-15(17)13(9-11)10-16(18)12-4-6-14(19-2)7-5-12/h3-9,17H,10H2,1-2H3. The van der Waals surface area contributed by atoms with E-state index in [9.17, 15) is 9.90 Å². The lowest BCUT2D eigenvalue weighted by atomic mass is 10.0. The SMILES string of the molecule is COc1ccc(C(=O)Cc2cc(C)ccc2O)cc1. The molecule has 2 aromatic carbocycles. The Kier molecular flexibility index (Phi) is 3.85. The summed E-state index contributed by atoms with van der Waals surface area (Å²) in [4.78, 5) is 12.1. The molecule has 0 radical (unpaired) electrons. The third-order valence-corrected chi connectivity index (χ3v) is 3.00. The quantitative estimate of drug-likeness (QED) is 0.855. The Morgan fingerprint density at radius 1 is 1.16 bits per heavy atom. The zero-order valence-electron chi connectivity index (χ0n) is 11.0. The molecule has 3 heteroatoms. The van der Waals surface area contributed by atoms with Crippen molar-refractivity contribution in [2.24, 2.45) is 0 Å². The van der Waals surface area contributed by atoms with Crippen LogP contribution < -0.4 is 4.74 Å². The number of ether oxygens (including phenoxy) is 1. The van der Waals surface area contributed by atoms with Gasteiger partial charge in [-0.05, 0) is 37.3 Å². The summed E-state index contributed by atoms with van der Waals surface area (Å²) in [6.45, 7) is 1.93. The number of phenols is 1. The lowest BCUT2D eigenvalue weighted by Gasteiger charge is -2.06. The summed E-state index contributed by atoms with van der Waals surface area (Å²) in [6, 6.07) is 12.2. The lowest BCUT2D eigenvalue weighted by molar-refractivity contribution is 0.0992. The number of aryl methyl sites for hydroxylation is 1. The van der Waals surface area contributed by atoms with Gasteiger partial charge in [0.2, 0.25) is 0 Å². The largest absolute Gasteiger partial charge is 0.508 e. The van der Waals surface area contributed by atoms with Gasteiger partial charge in [-0.15, -0.1) is 0 Å². The minimum atomic E-state index is -0.0245. The first-order valence-electron chi connectivity index (χ1n) is 6.06. The Morgan fingerprint density at radius 3 is 2.47 bits per heavy atom. The van der Waals surface area contributed by atoms with Crippen LogP contribution in [0.5, 0.6) is 11.5 Å². The number of carbonyl (C=O) groups excluding carboxylic acids is 1. The molecule has 0 amide bonds. The van der Waals surface area contributed by atoms with Crippen molar-refractivity contribution in [2.75, 3.05) is 7.11 Å². The van der Waals surface area contributed by atoms with Crippen LogP contribution >= 0.6 is 0 Å². The fraction of sp³-hybridized carbons (Fsp3) is 0.188. The molecule has 0 aromatic heterocycles. The van der Waals surface area contributed by atoms with Gasteiger partial charge in [-0.1, -0.05) is 17.7 Å². The normalized spacial score (nSPS) is 10.2. The number of ketones is 1. The van der Waals surface area contributed by atoms with Crippen LogP contribution in [0.2, 0.25) is 0 Å². The zero-order chi connectivity index (χ0) is 13.8. The second-order valence-corrected chi connectivity index (χ2v) is 4.46. The van der Waals surface area contributed by atoms with Gasteiger partial charge >= 0.3 is 0 Å². The summed E-state index contributed by atoms with van der Waals surface area (Å²) < 4.78 is 5.05. The molecule has 0 atom stereocenters. The van der Waals surface area contributed by atoms with Crippen molar-refractivity contribution < 1.29 is 14.6 Å². The van der Waals surface area contributed by atoms with Crippen molar-refractivity contribution in [1.82, 2.24) is 0 Å². The Balaban J connectivity index is 2.18. The van der Waals surface area contributed by atoms with E-state index in [1.807, 2.05) is 19.1 Å². The van der Waals surface area contributed by atoms with Gasteiger partial charge in [0.15, 0.2) is 5.78 Å². The van der Waals surface area contributed by atoms with Gasteiger partial charge in [-0.25, -0.2) is 0 Å². The number of aromatic hydroxyl groups is 1. The van der Waals surface area contributed by atoms with Crippen LogP contribution in [0.1, 0.15) is 21.5 Å². The van der Waals surface area contributed by atoms with Crippen molar-refractivity contribution in [3.63, 3.8) is 0 Å². The molecule has 0 bridgehead atoms. The molecule has 0 unspecified atom stereocenters. The van der Waals surface area contributed by atoms with E-state index in [1.54, 1.807) is 37.4 Å². The van der Waals surface area contributed by atoms with Crippen molar-refractivity contribution in [3.05, 3.63) is 59.2 Å². The third-order valence-electron chi connectivity index (χ3n) is 3.00. The Labute approximate surface area is 112 Å². The van der Waals surface area contributed by atoms with Crippen molar-refractivity contribution in [1.29, 1.82) is 0 Å². The molecule has 19 heavy (non-hydrogen) atoms. The maximum Gasteiger partial charge on any atom is 0.167 e. The molecule has 3 nitrogen and oxygen atoms in total. The molecule has 0 aliphatic rings. The van der Waals surface area contributed by atoms with E-state index in [2.05, 4.69) is 0 Å². The van der Waals surface area contributed by atoms with E-state index in [0.717, 1.165) is 11.3 Å². The van der Waals surface area contributed by atoms with Crippen LogP contribution in [0, 0.1) is 6.92 Å². The highest BCUT2D eigenvalue weighted by Crippen LogP contribution is 2.21. The van der Waals surface area contributed by atoms with Crippen LogP contribution in [0.25, 0.3) is 0 Å². The van der Waals surface area contributed by atoms with E-state index in [4.69, 9.17) is 4.74 Å². The minimum absolute atomic E-state index is 0.0245. The predicted molar refractivity (Wildman–Crippen MR) is 73.9 cm³/mol. The first-order valence-corrected chi connectivity index (χ1v) is 6.06.